The Morgan fingerprint density at radius 2 is 1.79 bits per heavy atom. The number of carbonyl (C=O) groups is 1. The molecule has 0 spiro atoms. The van der Waals surface area contributed by atoms with E-state index >= 15 is 0 Å². The van der Waals surface area contributed by atoms with E-state index in [9.17, 15) is 4.79 Å². The molecule has 0 radical (unpaired) electrons. The summed E-state index contributed by atoms with van der Waals surface area (Å²) in [6, 6.07) is 11.9. The van der Waals surface area contributed by atoms with Gasteiger partial charge in [-0.25, -0.2) is 4.79 Å². The standard InChI is InChI=1S/C19H20ClN7O2/c1-29-16-3-2-13(20)12-15(16)25-19(28)23-11-10-22-17-4-5-18(27-26-17)24-14-6-8-21-9-7-14/h2-9,12H,10-11H2,1H3,(H,22,26)(H,21,24,27)(H2,23,25,28). The first kappa shape index (κ1) is 20.2. The minimum absolute atomic E-state index is 0.365. The Hall–Kier alpha value is -3.59. The number of halogens is 1. The van der Waals surface area contributed by atoms with Gasteiger partial charge in [0.2, 0.25) is 0 Å². The lowest BCUT2D eigenvalue weighted by Crippen LogP contribution is -2.32. The summed E-state index contributed by atoms with van der Waals surface area (Å²) in [6.45, 7) is 0.860. The Morgan fingerprint density at radius 3 is 2.52 bits per heavy atom. The number of aromatic nitrogens is 3. The molecule has 0 aliphatic heterocycles. The minimum atomic E-state index is -0.365. The van der Waals surface area contributed by atoms with Crippen molar-refractivity contribution in [2.24, 2.45) is 0 Å². The van der Waals surface area contributed by atoms with Gasteiger partial charge in [-0.15, -0.1) is 10.2 Å². The number of pyridine rings is 1. The molecule has 4 N–H and O–H groups in total. The Balaban J connectivity index is 1.41. The molecule has 2 aromatic heterocycles. The number of anilines is 4. The van der Waals surface area contributed by atoms with Crippen LogP contribution in [0.3, 0.4) is 0 Å². The molecule has 0 bridgehead atoms. The van der Waals surface area contributed by atoms with E-state index in [2.05, 4.69) is 36.4 Å². The van der Waals surface area contributed by atoms with Gasteiger partial charge in [0.25, 0.3) is 0 Å². The van der Waals surface area contributed by atoms with Crippen molar-refractivity contribution < 1.29 is 9.53 Å². The molecule has 0 saturated carbocycles. The van der Waals surface area contributed by atoms with E-state index in [1.807, 2.05) is 12.1 Å². The molecule has 29 heavy (non-hydrogen) atoms. The number of benzene rings is 1. The lowest BCUT2D eigenvalue weighted by atomic mass is 10.3. The van der Waals surface area contributed by atoms with E-state index in [0.29, 0.717) is 41.2 Å². The van der Waals surface area contributed by atoms with Crippen molar-refractivity contribution in [3.63, 3.8) is 0 Å². The van der Waals surface area contributed by atoms with Crippen molar-refractivity contribution in [2.45, 2.75) is 0 Å². The van der Waals surface area contributed by atoms with Crippen LogP contribution in [0.5, 0.6) is 5.75 Å². The summed E-state index contributed by atoms with van der Waals surface area (Å²) in [7, 11) is 1.52. The Bertz CT molecular complexity index is 939. The highest BCUT2D eigenvalue weighted by Crippen LogP contribution is 2.27. The van der Waals surface area contributed by atoms with Crippen molar-refractivity contribution in [1.82, 2.24) is 20.5 Å². The number of hydrogen-bond acceptors (Lipinski definition) is 7. The fourth-order valence-electron chi connectivity index (χ4n) is 2.39. The monoisotopic (exact) mass is 413 g/mol. The lowest BCUT2D eigenvalue weighted by Gasteiger charge is -2.12. The number of amides is 2. The first-order chi connectivity index (χ1) is 14.1. The average Bonchev–Trinajstić information content (AvgIpc) is 2.73. The summed E-state index contributed by atoms with van der Waals surface area (Å²) in [6.07, 6.45) is 3.38. The Kier molecular flexibility index (Phi) is 7.01. The van der Waals surface area contributed by atoms with Crippen LogP contribution in [0.2, 0.25) is 5.02 Å². The fourth-order valence-corrected chi connectivity index (χ4v) is 2.56. The summed E-state index contributed by atoms with van der Waals surface area (Å²) in [5.41, 5.74) is 1.37. The molecule has 0 saturated heterocycles. The summed E-state index contributed by atoms with van der Waals surface area (Å²) < 4.78 is 5.19. The molecule has 3 rings (SSSR count). The summed E-state index contributed by atoms with van der Waals surface area (Å²) in [5, 5.41) is 20.3. The zero-order chi connectivity index (χ0) is 20.5. The van der Waals surface area contributed by atoms with Crippen LogP contribution in [0.15, 0.2) is 54.9 Å². The number of nitrogens with one attached hydrogen (secondary N) is 4. The molecule has 2 amide bonds. The molecule has 10 heteroatoms. The fraction of sp³-hybridized carbons (Fsp3) is 0.158. The summed E-state index contributed by atoms with van der Waals surface area (Å²) in [5.74, 6) is 1.75. The molecule has 0 aliphatic carbocycles. The smallest absolute Gasteiger partial charge is 0.319 e. The molecule has 0 aliphatic rings. The molecular weight excluding hydrogens is 394 g/mol. The second-order valence-corrected chi connectivity index (χ2v) is 6.25. The van der Waals surface area contributed by atoms with E-state index in [1.54, 1.807) is 42.7 Å². The van der Waals surface area contributed by atoms with Gasteiger partial charge >= 0.3 is 6.03 Å². The molecule has 150 valence electrons. The zero-order valence-electron chi connectivity index (χ0n) is 15.6. The second-order valence-electron chi connectivity index (χ2n) is 5.82. The molecule has 2 heterocycles. The molecular formula is C19H20ClN7O2. The van der Waals surface area contributed by atoms with Crippen LogP contribution in [-0.2, 0) is 0 Å². The Morgan fingerprint density at radius 1 is 1.03 bits per heavy atom. The van der Waals surface area contributed by atoms with Gasteiger partial charge in [0.1, 0.15) is 11.6 Å². The van der Waals surface area contributed by atoms with Crippen molar-refractivity contribution in [1.29, 1.82) is 0 Å². The van der Waals surface area contributed by atoms with Crippen LogP contribution < -0.4 is 26.0 Å². The largest absolute Gasteiger partial charge is 0.495 e. The first-order valence-electron chi connectivity index (χ1n) is 8.77. The third-order valence-corrected chi connectivity index (χ3v) is 3.98. The van der Waals surface area contributed by atoms with Crippen LogP contribution in [0.4, 0.5) is 27.8 Å². The normalized spacial score (nSPS) is 10.1. The van der Waals surface area contributed by atoms with E-state index < -0.39 is 0 Å². The van der Waals surface area contributed by atoms with Gasteiger partial charge in [0.05, 0.1) is 12.8 Å². The highest BCUT2D eigenvalue weighted by atomic mass is 35.5. The zero-order valence-corrected chi connectivity index (χ0v) is 16.4. The van der Waals surface area contributed by atoms with Crippen molar-refractivity contribution in [3.05, 3.63) is 59.9 Å². The molecule has 0 unspecified atom stereocenters. The van der Waals surface area contributed by atoms with Gasteiger partial charge in [-0.05, 0) is 42.5 Å². The van der Waals surface area contributed by atoms with Crippen molar-refractivity contribution in [3.8, 4) is 5.75 Å². The van der Waals surface area contributed by atoms with Gasteiger partial charge < -0.3 is 26.0 Å². The van der Waals surface area contributed by atoms with Crippen LogP contribution in [0, 0.1) is 0 Å². The summed E-state index contributed by atoms with van der Waals surface area (Å²) in [4.78, 5) is 16.0. The number of nitrogens with zero attached hydrogens (tertiary/aromatic N) is 3. The predicted octanol–water partition coefficient (Wildman–Crippen LogP) is 3.51. The van der Waals surface area contributed by atoms with Gasteiger partial charge in [-0.2, -0.15) is 0 Å². The maximum atomic E-state index is 12.0. The van der Waals surface area contributed by atoms with E-state index in [1.165, 1.54) is 7.11 Å². The quantitative estimate of drug-likeness (QED) is 0.418. The van der Waals surface area contributed by atoms with Crippen molar-refractivity contribution >= 4 is 40.6 Å². The van der Waals surface area contributed by atoms with Crippen LogP contribution >= 0.6 is 11.6 Å². The average molecular weight is 414 g/mol. The Labute approximate surface area is 172 Å². The second kappa shape index (κ2) is 10.1. The molecule has 0 fully saturated rings. The third-order valence-electron chi connectivity index (χ3n) is 3.74. The SMILES string of the molecule is COc1ccc(Cl)cc1NC(=O)NCCNc1ccc(Nc2ccncc2)nn1. The highest BCUT2D eigenvalue weighted by molar-refractivity contribution is 6.31. The molecule has 3 aromatic rings. The number of methoxy groups -OCH3 is 1. The van der Waals surface area contributed by atoms with Crippen LogP contribution in [-0.4, -0.2) is 41.4 Å². The maximum absolute atomic E-state index is 12.0. The van der Waals surface area contributed by atoms with Crippen LogP contribution in [0.1, 0.15) is 0 Å². The van der Waals surface area contributed by atoms with Gasteiger partial charge in [0, 0.05) is 36.2 Å². The summed E-state index contributed by atoms with van der Waals surface area (Å²) >= 11 is 5.95. The van der Waals surface area contributed by atoms with Gasteiger partial charge in [-0.1, -0.05) is 11.6 Å². The minimum Gasteiger partial charge on any atom is -0.495 e. The van der Waals surface area contributed by atoms with Gasteiger partial charge in [-0.3, -0.25) is 4.98 Å². The van der Waals surface area contributed by atoms with Gasteiger partial charge in [0.15, 0.2) is 5.82 Å². The topological polar surface area (TPSA) is 113 Å². The van der Waals surface area contributed by atoms with E-state index in [-0.39, 0.29) is 6.03 Å². The number of urea groups is 1. The van der Waals surface area contributed by atoms with Crippen LogP contribution in [0.25, 0.3) is 0 Å². The van der Waals surface area contributed by atoms with Crippen molar-refractivity contribution in [2.75, 3.05) is 36.1 Å². The lowest BCUT2D eigenvalue weighted by molar-refractivity contribution is 0.252. The number of carbonyl (C=O) groups excluding carboxylic acids is 1. The maximum Gasteiger partial charge on any atom is 0.319 e. The van der Waals surface area contributed by atoms with E-state index in [4.69, 9.17) is 16.3 Å². The molecule has 9 nitrogen and oxygen atoms in total. The molecule has 0 atom stereocenters. The number of ether oxygens (including phenoxy) is 1. The number of rotatable bonds is 8. The third kappa shape index (κ3) is 6.22. The number of hydrogen-bond donors (Lipinski definition) is 4. The highest BCUT2D eigenvalue weighted by Gasteiger charge is 2.07. The first-order valence-corrected chi connectivity index (χ1v) is 9.15. The predicted molar refractivity (Wildman–Crippen MR) is 113 cm³/mol. The van der Waals surface area contributed by atoms with E-state index in [0.717, 1.165) is 5.69 Å². The molecule has 1 aromatic carbocycles.